The van der Waals surface area contributed by atoms with Gasteiger partial charge in [-0.3, -0.25) is 19.6 Å². The number of aliphatic imine (C=N–C) groups is 1. The minimum atomic E-state index is 0.183. The summed E-state index contributed by atoms with van der Waals surface area (Å²) in [6, 6.07) is 10.5. The minimum absolute atomic E-state index is 0.183. The van der Waals surface area contributed by atoms with Crippen molar-refractivity contribution in [3.05, 3.63) is 42.0 Å². The van der Waals surface area contributed by atoms with Gasteiger partial charge in [-0.2, -0.15) is 0 Å². The molecule has 0 aromatic heterocycles. The monoisotopic (exact) mass is 412 g/mol. The molecule has 164 valence electrons. The van der Waals surface area contributed by atoms with Crippen molar-refractivity contribution in [2.45, 2.75) is 6.92 Å². The van der Waals surface area contributed by atoms with Gasteiger partial charge in [-0.25, -0.2) is 0 Å². The first-order valence-corrected chi connectivity index (χ1v) is 11.0. The quantitative estimate of drug-likeness (QED) is 0.559. The van der Waals surface area contributed by atoms with E-state index in [1.54, 1.807) is 6.92 Å². The molecule has 2 aliphatic rings. The van der Waals surface area contributed by atoms with E-state index in [2.05, 4.69) is 61.4 Å². The molecule has 7 nitrogen and oxygen atoms in total. The van der Waals surface area contributed by atoms with E-state index in [9.17, 15) is 4.79 Å². The highest BCUT2D eigenvalue weighted by molar-refractivity contribution is 5.80. The van der Waals surface area contributed by atoms with Gasteiger partial charge in [0, 0.05) is 86.0 Å². The zero-order valence-electron chi connectivity index (χ0n) is 18.5. The Morgan fingerprint density at radius 2 is 1.60 bits per heavy atom. The topological polar surface area (TPSA) is 54.4 Å². The molecule has 30 heavy (non-hydrogen) atoms. The van der Waals surface area contributed by atoms with Crippen LogP contribution in [-0.2, 0) is 4.79 Å². The summed E-state index contributed by atoms with van der Waals surface area (Å²) in [6.07, 6.45) is 4.45. The van der Waals surface area contributed by atoms with Crippen LogP contribution in [0.3, 0.4) is 0 Å². The molecule has 7 heteroatoms. The van der Waals surface area contributed by atoms with Crippen LogP contribution in [0.25, 0.3) is 6.08 Å². The summed E-state index contributed by atoms with van der Waals surface area (Å²) in [5.74, 6) is 1.18. The maximum Gasteiger partial charge on any atom is 0.219 e. The molecular formula is C23H36N6O. The maximum absolute atomic E-state index is 11.4. The second-order valence-electron chi connectivity index (χ2n) is 7.92. The molecule has 0 bridgehead atoms. The highest BCUT2D eigenvalue weighted by atomic mass is 16.2. The van der Waals surface area contributed by atoms with Crippen LogP contribution >= 0.6 is 0 Å². The van der Waals surface area contributed by atoms with Gasteiger partial charge in [0.25, 0.3) is 0 Å². The highest BCUT2D eigenvalue weighted by Gasteiger charge is 2.20. The number of hydrogen-bond acceptors (Lipinski definition) is 4. The number of rotatable bonds is 6. The van der Waals surface area contributed by atoms with Crippen LogP contribution in [-0.4, -0.2) is 111 Å². The molecule has 0 spiro atoms. The van der Waals surface area contributed by atoms with E-state index in [0.29, 0.717) is 0 Å². The lowest BCUT2D eigenvalue weighted by Gasteiger charge is -2.37. The van der Waals surface area contributed by atoms with Gasteiger partial charge >= 0.3 is 0 Å². The molecule has 1 amide bonds. The summed E-state index contributed by atoms with van der Waals surface area (Å²) in [5, 5.41) is 3.52. The van der Waals surface area contributed by atoms with Gasteiger partial charge in [0.15, 0.2) is 5.96 Å². The van der Waals surface area contributed by atoms with Crippen molar-refractivity contribution in [2.24, 2.45) is 4.99 Å². The van der Waals surface area contributed by atoms with Crippen molar-refractivity contribution in [3.63, 3.8) is 0 Å². The summed E-state index contributed by atoms with van der Waals surface area (Å²) in [6.45, 7) is 12.2. The lowest BCUT2D eigenvalue weighted by Crippen LogP contribution is -2.54. The van der Waals surface area contributed by atoms with Gasteiger partial charge < -0.3 is 15.1 Å². The molecule has 0 unspecified atom stereocenters. The average Bonchev–Trinajstić information content (AvgIpc) is 2.78. The standard InChI is InChI=1S/C23H36N6O/c1-21(30)28-17-13-27(14-18-28)12-10-25-23(24-2)29-19-15-26(16-20-29)11-6-9-22-7-4-3-5-8-22/h3-9H,10-20H2,1-2H3,(H,24,25)/b9-6+. The second-order valence-corrected chi connectivity index (χ2v) is 7.92. The van der Waals surface area contributed by atoms with E-state index in [1.807, 2.05) is 18.0 Å². The third kappa shape index (κ3) is 6.85. The SMILES string of the molecule is CN=C(NCCN1CCN(C(C)=O)CC1)N1CCN(C/C=C/c2ccccc2)CC1. The third-order valence-electron chi connectivity index (χ3n) is 5.89. The van der Waals surface area contributed by atoms with Crippen LogP contribution in [0.5, 0.6) is 0 Å². The first-order valence-electron chi connectivity index (χ1n) is 11.0. The highest BCUT2D eigenvalue weighted by Crippen LogP contribution is 2.05. The van der Waals surface area contributed by atoms with Gasteiger partial charge in [-0.05, 0) is 5.56 Å². The van der Waals surface area contributed by atoms with Crippen molar-refractivity contribution in [2.75, 3.05) is 79.0 Å². The van der Waals surface area contributed by atoms with Gasteiger partial charge in [0.1, 0.15) is 0 Å². The number of benzene rings is 1. The molecular weight excluding hydrogens is 376 g/mol. The lowest BCUT2D eigenvalue weighted by atomic mass is 10.2. The molecule has 2 fully saturated rings. The number of hydrogen-bond donors (Lipinski definition) is 1. The summed E-state index contributed by atoms with van der Waals surface area (Å²) in [4.78, 5) is 25.1. The van der Waals surface area contributed by atoms with Gasteiger partial charge in [-0.1, -0.05) is 42.5 Å². The first-order chi connectivity index (χ1) is 14.7. The van der Waals surface area contributed by atoms with Crippen molar-refractivity contribution < 1.29 is 4.79 Å². The van der Waals surface area contributed by atoms with Crippen LogP contribution in [0.1, 0.15) is 12.5 Å². The molecule has 0 radical (unpaired) electrons. The molecule has 2 saturated heterocycles. The van der Waals surface area contributed by atoms with Crippen LogP contribution in [0.2, 0.25) is 0 Å². The molecule has 1 N–H and O–H groups in total. The fourth-order valence-electron chi connectivity index (χ4n) is 3.99. The van der Waals surface area contributed by atoms with E-state index in [0.717, 1.165) is 78.0 Å². The van der Waals surface area contributed by atoms with Crippen molar-refractivity contribution in [3.8, 4) is 0 Å². The summed E-state index contributed by atoms with van der Waals surface area (Å²) in [7, 11) is 1.86. The first kappa shape index (κ1) is 22.3. The number of amides is 1. The van der Waals surface area contributed by atoms with E-state index in [-0.39, 0.29) is 5.91 Å². The van der Waals surface area contributed by atoms with Crippen LogP contribution in [0, 0.1) is 0 Å². The maximum atomic E-state index is 11.4. The van der Waals surface area contributed by atoms with Crippen molar-refractivity contribution >= 4 is 17.9 Å². The number of nitrogens with zero attached hydrogens (tertiary/aromatic N) is 5. The molecule has 1 aromatic rings. The van der Waals surface area contributed by atoms with Crippen molar-refractivity contribution in [1.29, 1.82) is 0 Å². The predicted molar refractivity (Wildman–Crippen MR) is 124 cm³/mol. The van der Waals surface area contributed by atoms with E-state index < -0.39 is 0 Å². The summed E-state index contributed by atoms with van der Waals surface area (Å²) >= 11 is 0. The van der Waals surface area contributed by atoms with Crippen molar-refractivity contribution in [1.82, 2.24) is 24.9 Å². The fraction of sp³-hybridized carbons (Fsp3) is 0.565. The zero-order chi connectivity index (χ0) is 21.2. The average molecular weight is 413 g/mol. The summed E-state index contributed by atoms with van der Waals surface area (Å²) in [5.41, 5.74) is 1.25. The predicted octanol–water partition coefficient (Wildman–Crippen LogP) is 1.06. The van der Waals surface area contributed by atoms with Gasteiger partial charge in [-0.15, -0.1) is 0 Å². The Labute approximate surface area is 181 Å². The second kappa shape index (κ2) is 11.7. The zero-order valence-corrected chi connectivity index (χ0v) is 18.5. The number of piperazine rings is 2. The fourth-order valence-corrected chi connectivity index (χ4v) is 3.99. The largest absolute Gasteiger partial charge is 0.355 e. The molecule has 2 aliphatic heterocycles. The lowest BCUT2D eigenvalue weighted by molar-refractivity contribution is -0.130. The van der Waals surface area contributed by atoms with Crippen LogP contribution < -0.4 is 5.32 Å². The smallest absolute Gasteiger partial charge is 0.219 e. The molecule has 2 heterocycles. The normalized spacial score (nSPS) is 19.5. The Kier molecular flexibility index (Phi) is 8.71. The van der Waals surface area contributed by atoms with E-state index in [1.165, 1.54) is 5.56 Å². The Morgan fingerprint density at radius 1 is 0.967 bits per heavy atom. The van der Waals surface area contributed by atoms with Gasteiger partial charge in [0.05, 0.1) is 0 Å². The molecule has 0 aliphatic carbocycles. The van der Waals surface area contributed by atoms with Crippen LogP contribution in [0.4, 0.5) is 0 Å². The van der Waals surface area contributed by atoms with E-state index >= 15 is 0 Å². The minimum Gasteiger partial charge on any atom is -0.355 e. The molecule has 3 rings (SSSR count). The number of carbonyl (C=O) groups excluding carboxylic acids is 1. The summed E-state index contributed by atoms with van der Waals surface area (Å²) < 4.78 is 0. The molecule has 0 saturated carbocycles. The van der Waals surface area contributed by atoms with E-state index in [4.69, 9.17) is 0 Å². The molecule has 1 aromatic carbocycles. The number of guanidine groups is 1. The molecule has 0 atom stereocenters. The number of nitrogens with one attached hydrogen (secondary N) is 1. The third-order valence-corrected chi connectivity index (χ3v) is 5.89. The Morgan fingerprint density at radius 3 is 2.23 bits per heavy atom. The Hall–Kier alpha value is -2.38. The number of carbonyl (C=O) groups is 1. The Balaban J connectivity index is 1.33. The Bertz CT molecular complexity index is 704. The van der Waals surface area contributed by atoms with Crippen LogP contribution in [0.15, 0.2) is 41.4 Å². The van der Waals surface area contributed by atoms with Gasteiger partial charge in [0.2, 0.25) is 5.91 Å².